The van der Waals surface area contributed by atoms with Gasteiger partial charge in [-0.1, -0.05) is 19.8 Å². The SMILES string of the molecule is CCNCCCN(C)S(=O)(=O)NCC1(SC)CCCC1. The molecule has 0 bridgehead atoms. The molecule has 1 rings (SSSR count). The van der Waals surface area contributed by atoms with Gasteiger partial charge in [0.15, 0.2) is 0 Å². The van der Waals surface area contributed by atoms with E-state index in [0.29, 0.717) is 13.1 Å². The van der Waals surface area contributed by atoms with Gasteiger partial charge in [-0.2, -0.15) is 24.5 Å². The molecule has 0 aromatic heterocycles. The number of hydrogen-bond donors (Lipinski definition) is 2. The van der Waals surface area contributed by atoms with E-state index in [1.165, 1.54) is 17.1 Å². The lowest BCUT2D eigenvalue weighted by Gasteiger charge is -2.28. The fourth-order valence-electron chi connectivity index (χ4n) is 2.53. The third kappa shape index (κ3) is 5.52. The maximum atomic E-state index is 12.2. The molecule has 20 heavy (non-hydrogen) atoms. The highest BCUT2D eigenvalue weighted by atomic mass is 32.2. The fraction of sp³-hybridized carbons (Fsp3) is 1.00. The molecule has 0 heterocycles. The maximum Gasteiger partial charge on any atom is 0.279 e. The minimum atomic E-state index is -3.34. The van der Waals surface area contributed by atoms with Gasteiger partial charge in [0.05, 0.1) is 0 Å². The van der Waals surface area contributed by atoms with E-state index in [9.17, 15) is 8.42 Å². The predicted molar refractivity (Wildman–Crippen MR) is 87.4 cm³/mol. The van der Waals surface area contributed by atoms with Crippen LogP contribution in [0.15, 0.2) is 0 Å². The Hall–Kier alpha value is 0.180. The number of thioether (sulfide) groups is 1. The van der Waals surface area contributed by atoms with Gasteiger partial charge in [-0.05, 0) is 38.6 Å². The van der Waals surface area contributed by atoms with Crippen LogP contribution in [-0.2, 0) is 10.2 Å². The van der Waals surface area contributed by atoms with Crippen molar-refractivity contribution in [2.45, 2.75) is 43.8 Å². The molecular weight excluding hydrogens is 294 g/mol. The summed E-state index contributed by atoms with van der Waals surface area (Å²) in [6, 6.07) is 0. The first-order valence-corrected chi connectivity index (χ1v) is 10.1. The summed E-state index contributed by atoms with van der Waals surface area (Å²) in [5, 5.41) is 3.20. The maximum absolute atomic E-state index is 12.2. The van der Waals surface area contributed by atoms with Crippen LogP contribution in [0.3, 0.4) is 0 Å². The molecule has 1 saturated carbocycles. The van der Waals surface area contributed by atoms with Crippen LogP contribution >= 0.6 is 11.8 Å². The van der Waals surface area contributed by atoms with E-state index in [2.05, 4.69) is 16.3 Å². The molecule has 1 aliphatic rings. The molecular formula is C13H29N3O2S2. The molecule has 0 unspecified atom stereocenters. The van der Waals surface area contributed by atoms with Gasteiger partial charge in [-0.15, -0.1) is 0 Å². The van der Waals surface area contributed by atoms with Crippen molar-refractivity contribution in [2.24, 2.45) is 0 Å². The van der Waals surface area contributed by atoms with Crippen molar-refractivity contribution in [2.75, 3.05) is 39.5 Å². The summed E-state index contributed by atoms with van der Waals surface area (Å²) >= 11 is 1.80. The second-order valence-electron chi connectivity index (χ2n) is 5.45. The summed E-state index contributed by atoms with van der Waals surface area (Å²) in [5.74, 6) is 0. The Morgan fingerprint density at radius 3 is 2.50 bits per heavy atom. The molecule has 2 N–H and O–H groups in total. The van der Waals surface area contributed by atoms with Crippen LogP contribution in [0.5, 0.6) is 0 Å². The quantitative estimate of drug-likeness (QED) is 0.597. The normalized spacial score (nSPS) is 18.8. The summed E-state index contributed by atoms with van der Waals surface area (Å²) < 4.78 is 28.7. The minimum Gasteiger partial charge on any atom is -0.317 e. The predicted octanol–water partition coefficient (Wildman–Crippen LogP) is 1.43. The minimum absolute atomic E-state index is 0.109. The van der Waals surface area contributed by atoms with E-state index in [0.717, 1.165) is 32.4 Å². The van der Waals surface area contributed by atoms with Crippen molar-refractivity contribution in [3.05, 3.63) is 0 Å². The van der Waals surface area contributed by atoms with Gasteiger partial charge in [-0.3, -0.25) is 0 Å². The Labute approximate surface area is 128 Å². The molecule has 0 aromatic rings. The molecule has 0 spiro atoms. The Morgan fingerprint density at radius 1 is 1.30 bits per heavy atom. The van der Waals surface area contributed by atoms with Gasteiger partial charge in [-0.25, -0.2) is 4.72 Å². The third-order valence-electron chi connectivity index (χ3n) is 4.01. The second-order valence-corrected chi connectivity index (χ2v) is 8.59. The first kappa shape index (κ1) is 18.2. The lowest BCUT2D eigenvalue weighted by Crippen LogP contribution is -2.45. The molecule has 5 nitrogen and oxygen atoms in total. The number of nitrogens with one attached hydrogen (secondary N) is 2. The lowest BCUT2D eigenvalue weighted by molar-refractivity contribution is 0.440. The monoisotopic (exact) mass is 323 g/mol. The molecule has 0 saturated heterocycles. The molecule has 0 atom stereocenters. The Kier molecular flexibility index (Phi) is 7.82. The van der Waals surface area contributed by atoms with E-state index >= 15 is 0 Å². The van der Waals surface area contributed by atoms with E-state index in [1.54, 1.807) is 18.8 Å². The van der Waals surface area contributed by atoms with Crippen LogP contribution in [-0.4, -0.2) is 57.0 Å². The van der Waals surface area contributed by atoms with Crippen LogP contribution in [0.25, 0.3) is 0 Å². The highest BCUT2D eigenvalue weighted by molar-refractivity contribution is 8.00. The van der Waals surface area contributed by atoms with Crippen LogP contribution in [0.4, 0.5) is 0 Å². The molecule has 1 aliphatic carbocycles. The fourth-order valence-corrected chi connectivity index (χ4v) is 4.58. The Balaban J connectivity index is 2.39. The smallest absolute Gasteiger partial charge is 0.279 e. The summed E-state index contributed by atoms with van der Waals surface area (Å²) in [4.78, 5) is 0. The topological polar surface area (TPSA) is 61.4 Å². The molecule has 0 amide bonds. The number of nitrogens with zero attached hydrogens (tertiary/aromatic N) is 1. The van der Waals surface area contributed by atoms with Gasteiger partial charge in [0.25, 0.3) is 10.2 Å². The van der Waals surface area contributed by atoms with E-state index < -0.39 is 10.2 Å². The van der Waals surface area contributed by atoms with Gasteiger partial charge in [0.2, 0.25) is 0 Å². The highest BCUT2D eigenvalue weighted by Crippen LogP contribution is 2.39. The first-order chi connectivity index (χ1) is 9.46. The largest absolute Gasteiger partial charge is 0.317 e. The zero-order valence-electron chi connectivity index (χ0n) is 12.9. The van der Waals surface area contributed by atoms with E-state index in [1.807, 2.05) is 6.92 Å². The number of rotatable bonds is 10. The number of hydrogen-bond acceptors (Lipinski definition) is 4. The standard InChI is InChI=1S/C13H29N3O2S2/c1-4-14-10-7-11-16(2)20(17,18)15-12-13(19-3)8-5-6-9-13/h14-15H,4-12H2,1-3H3. The summed E-state index contributed by atoms with van der Waals surface area (Å²) in [6.45, 7) is 4.92. The van der Waals surface area contributed by atoms with Gasteiger partial charge in [0.1, 0.15) is 0 Å². The second kappa shape index (κ2) is 8.58. The van der Waals surface area contributed by atoms with Crippen molar-refractivity contribution >= 4 is 22.0 Å². The van der Waals surface area contributed by atoms with Gasteiger partial charge < -0.3 is 5.32 Å². The van der Waals surface area contributed by atoms with Crippen molar-refractivity contribution < 1.29 is 8.42 Å². The third-order valence-corrected chi connectivity index (χ3v) is 6.94. The van der Waals surface area contributed by atoms with Crippen molar-refractivity contribution in [3.8, 4) is 0 Å². The Morgan fingerprint density at radius 2 is 1.95 bits per heavy atom. The molecule has 7 heteroatoms. The van der Waals surface area contributed by atoms with Crippen LogP contribution in [0, 0.1) is 0 Å². The zero-order chi connectivity index (χ0) is 15.1. The van der Waals surface area contributed by atoms with Gasteiger partial charge >= 0.3 is 0 Å². The van der Waals surface area contributed by atoms with E-state index in [4.69, 9.17) is 0 Å². The lowest BCUT2D eigenvalue weighted by atomic mass is 10.1. The van der Waals surface area contributed by atoms with E-state index in [-0.39, 0.29) is 4.75 Å². The van der Waals surface area contributed by atoms with Gasteiger partial charge in [0, 0.05) is 24.9 Å². The highest BCUT2D eigenvalue weighted by Gasteiger charge is 2.34. The van der Waals surface area contributed by atoms with Crippen molar-refractivity contribution in [1.82, 2.24) is 14.3 Å². The summed E-state index contributed by atoms with van der Waals surface area (Å²) in [5.41, 5.74) is 0. The average Bonchev–Trinajstić information content (AvgIpc) is 2.91. The summed E-state index contributed by atoms with van der Waals surface area (Å²) in [7, 11) is -1.69. The molecule has 1 fully saturated rings. The first-order valence-electron chi connectivity index (χ1n) is 7.42. The molecule has 120 valence electrons. The zero-order valence-corrected chi connectivity index (χ0v) is 14.6. The van der Waals surface area contributed by atoms with Crippen LogP contribution in [0.1, 0.15) is 39.0 Å². The Bertz CT molecular complexity index is 368. The van der Waals surface area contributed by atoms with Crippen LogP contribution in [0.2, 0.25) is 0 Å². The molecule has 0 aromatic carbocycles. The van der Waals surface area contributed by atoms with Crippen molar-refractivity contribution in [3.63, 3.8) is 0 Å². The van der Waals surface area contributed by atoms with Crippen molar-refractivity contribution in [1.29, 1.82) is 0 Å². The summed E-state index contributed by atoms with van der Waals surface area (Å²) in [6.07, 6.45) is 7.56. The molecule has 0 aliphatic heterocycles. The average molecular weight is 324 g/mol. The van der Waals surface area contributed by atoms with Crippen LogP contribution < -0.4 is 10.0 Å². The molecule has 0 radical (unpaired) electrons.